The zero-order valence-electron chi connectivity index (χ0n) is 13.8. The standard InChI is InChI=1S/C17H23N3O3/c1-11(2)8-9-17(3)15(22)20(16(23)19-17)10-12-4-6-13(7-5-12)14(18)21/h4-7,11H,8-10H2,1-3H3,(H2,18,21)(H,19,23). The maximum atomic E-state index is 12.6. The smallest absolute Gasteiger partial charge is 0.325 e. The van der Waals surface area contributed by atoms with E-state index in [0.29, 0.717) is 17.9 Å². The predicted molar refractivity (Wildman–Crippen MR) is 86.5 cm³/mol. The molecule has 0 aromatic heterocycles. The Kier molecular flexibility index (Phi) is 4.73. The monoisotopic (exact) mass is 317 g/mol. The first kappa shape index (κ1) is 17.0. The number of nitrogens with zero attached hydrogens (tertiary/aromatic N) is 1. The highest BCUT2D eigenvalue weighted by molar-refractivity contribution is 6.06. The van der Waals surface area contributed by atoms with E-state index >= 15 is 0 Å². The van der Waals surface area contributed by atoms with E-state index in [1.165, 1.54) is 4.90 Å². The van der Waals surface area contributed by atoms with E-state index in [9.17, 15) is 14.4 Å². The Balaban J connectivity index is 2.09. The summed E-state index contributed by atoms with van der Waals surface area (Å²) in [7, 11) is 0. The molecule has 0 bridgehead atoms. The van der Waals surface area contributed by atoms with Crippen LogP contribution in [0.2, 0.25) is 0 Å². The van der Waals surface area contributed by atoms with Crippen LogP contribution < -0.4 is 11.1 Å². The number of primary amides is 1. The number of urea groups is 1. The largest absolute Gasteiger partial charge is 0.366 e. The van der Waals surface area contributed by atoms with Gasteiger partial charge >= 0.3 is 6.03 Å². The van der Waals surface area contributed by atoms with Crippen LogP contribution in [0.15, 0.2) is 24.3 Å². The van der Waals surface area contributed by atoms with E-state index in [4.69, 9.17) is 5.73 Å². The van der Waals surface area contributed by atoms with Crippen molar-refractivity contribution in [1.29, 1.82) is 0 Å². The molecule has 1 heterocycles. The quantitative estimate of drug-likeness (QED) is 0.786. The lowest BCUT2D eigenvalue weighted by Gasteiger charge is -2.22. The van der Waals surface area contributed by atoms with Gasteiger partial charge in [0, 0.05) is 5.56 Å². The summed E-state index contributed by atoms with van der Waals surface area (Å²) in [5, 5.41) is 2.80. The molecule has 1 aromatic rings. The summed E-state index contributed by atoms with van der Waals surface area (Å²) in [5.74, 6) is -0.248. The first-order chi connectivity index (χ1) is 10.7. The maximum Gasteiger partial charge on any atom is 0.325 e. The van der Waals surface area contributed by atoms with Gasteiger partial charge < -0.3 is 11.1 Å². The van der Waals surface area contributed by atoms with Gasteiger partial charge in [-0.2, -0.15) is 0 Å². The molecule has 23 heavy (non-hydrogen) atoms. The average molecular weight is 317 g/mol. The summed E-state index contributed by atoms with van der Waals surface area (Å²) in [6.07, 6.45) is 1.48. The van der Waals surface area contributed by atoms with Crippen LogP contribution in [-0.4, -0.2) is 28.3 Å². The molecule has 6 heteroatoms. The van der Waals surface area contributed by atoms with Gasteiger partial charge in [0.25, 0.3) is 5.91 Å². The van der Waals surface area contributed by atoms with Gasteiger partial charge in [-0.25, -0.2) is 4.79 Å². The SMILES string of the molecule is CC(C)CCC1(C)NC(=O)N(Cc2ccc(C(N)=O)cc2)C1=O. The maximum absolute atomic E-state index is 12.6. The molecule has 0 radical (unpaired) electrons. The van der Waals surface area contributed by atoms with Gasteiger partial charge in [-0.3, -0.25) is 14.5 Å². The van der Waals surface area contributed by atoms with Crippen LogP contribution in [0.1, 0.15) is 49.5 Å². The lowest BCUT2D eigenvalue weighted by atomic mass is 9.92. The fourth-order valence-corrected chi connectivity index (χ4v) is 2.59. The van der Waals surface area contributed by atoms with Gasteiger partial charge in [0.2, 0.25) is 5.91 Å². The Labute approximate surface area is 136 Å². The highest BCUT2D eigenvalue weighted by Crippen LogP contribution is 2.26. The number of benzene rings is 1. The zero-order chi connectivity index (χ0) is 17.2. The van der Waals surface area contributed by atoms with Gasteiger partial charge in [-0.1, -0.05) is 26.0 Å². The lowest BCUT2D eigenvalue weighted by Crippen LogP contribution is -2.44. The highest BCUT2D eigenvalue weighted by Gasteiger charge is 2.47. The highest BCUT2D eigenvalue weighted by atomic mass is 16.2. The number of hydrogen-bond acceptors (Lipinski definition) is 3. The summed E-state index contributed by atoms with van der Waals surface area (Å²) in [4.78, 5) is 37.0. The molecule has 2 rings (SSSR count). The van der Waals surface area contributed by atoms with Gasteiger partial charge in [-0.05, 0) is 43.4 Å². The van der Waals surface area contributed by atoms with Crippen molar-refractivity contribution in [1.82, 2.24) is 10.2 Å². The van der Waals surface area contributed by atoms with E-state index in [1.807, 2.05) is 0 Å². The van der Waals surface area contributed by atoms with Crippen LogP contribution in [0.4, 0.5) is 4.79 Å². The Morgan fingerprint density at radius 2 is 1.87 bits per heavy atom. The first-order valence-corrected chi connectivity index (χ1v) is 7.76. The predicted octanol–water partition coefficient (Wildman–Crippen LogP) is 2.03. The van der Waals surface area contributed by atoms with Crippen molar-refractivity contribution in [3.8, 4) is 0 Å². The molecular formula is C17H23N3O3. The number of hydrogen-bond donors (Lipinski definition) is 2. The molecule has 1 aliphatic rings. The van der Waals surface area contributed by atoms with Crippen LogP contribution in [0.5, 0.6) is 0 Å². The third kappa shape index (κ3) is 3.70. The third-order valence-corrected chi connectivity index (χ3v) is 4.15. The minimum Gasteiger partial charge on any atom is -0.366 e. The fraction of sp³-hybridized carbons (Fsp3) is 0.471. The molecular weight excluding hydrogens is 294 g/mol. The van der Waals surface area contributed by atoms with Crippen molar-refractivity contribution >= 4 is 17.8 Å². The summed E-state index contributed by atoms with van der Waals surface area (Å²) in [5.41, 5.74) is 5.52. The number of nitrogens with one attached hydrogen (secondary N) is 1. The second-order valence-electron chi connectivity index (χ2n) is 6.65. The minimum absolute atomic E-state index is 0.182. The van der Waals surface area contributed by atoms with Gasteiger partial charge in [0.1, 0.15) is 5.54 Å². The molecule has 1 atom stereocenters. The Morgan fingerprint density at radius 3 is 2.39 bits per heavy atom. The van der Waals surface area contributed by atoms with Crippen LogP contribution in [0.3, 0.4) is 0 Å². The summed E-state index contributed by atoms with van der Waals surface area (Å²) in [6, 6.07) is 6.21. The third-order valence-electron chi connectivity index (χ3n) is 4.15. The van der Waals surface area contributed by atoms with Crippen molar-refractivity contribution in [3.63, 3.8) is 0 Å². The number of amides is 4. The molecule has 4 amide bonds. The average Bonchev–Trinajstić information content (AvgIpc) is 2.70. The number of carbonyl (C=O) groups excluding carboxylic acids is 3. The van der Waals surface area contributed by atoms with Gasteiger partial charge in [0.15, 0.2) is 0 Å². The lowest BCUT2D eigenvalue weighted by molar-refractivity contribution is -0.131. The first-order valence-electron chi connectivity index (χ1n) is 7.76. The summed E-state index contributed by atoms with van der Waals surface area (Å²) >= 11 is 0. The second-order valence-corrected chi connectivity index (χ2v) is 6.65. The van der Waals surface area contributed by atoms with E-state index in [0.717, 1.165) is 12.0 Å². The topological polar surface area (TPSA) is 92.5 Å². The molecule has 6 nitrogen and oxygen atoms in total. The molecule has 1 aliphatic heterocycles. The normalized spacial score (nSPS) is 21.0. The van der Waals surface area contributed by atoms with Crippen molar-refractivity contribution in [3.05, 3.63) is 35.4 Å². The number of imide groups is 1. The zero-order valence-corrected chi connectivity index (χ0v) is 13.8. The Hall–Kier alpha value is -2.37. The van der Waals surface area contributed by atoms with E-state index < -0.39 is 11.4 Å². The Bertz CT molecular complexity index is 624. The van der Waals surface area contributed by atoms with Crippen LogP contribution in [0, 0.1) is 5.92 Å². The molecule has 0 aliphatic carbocycles. The Morgan fingerprint density at radius 1 is 1.26 bits per heavy atom. The van der Waals surface area contributed by atoms with Gasteiger partial charge in [-0.15, -0.1) is 0 Å². The molecule has 124 valence electrons. The molecule has 3 N–H and O–H groups in total. The number of rotatable bonds is 6. The van der Waals surface area contributed by atoms with Gasteiger partial charge in [0.05, 0.1) is 6.54 Å². The summed E-state index contributed by atoms with van der Waals surface area (Å²) in [6.45, 7) is 6.12. The molecule has 1 unspecified atom stereocenters. The van der Waals surface area contributed by atoms with Crippen LogP contribution in [0.25, 0.3) is 0 Å². The van der Waals surface area contributed by atoms with E-state index in [-0.39, 0.29) is 18.5 Å². The van der Waals surface area contributed by atoms with Crippen molar-refractivity contribution in [2.45, 2.75) is 45.7 Å². The van der Waals surface area contributed by atoms with Crippen LogP contribution >= 0.6 is 0 Å². The fourth-order valence-electron chi connectivity index (χ4n) is 2.59. The van der Waals surface area contributed by atoms with E-state index in [1.54, 1.807) is 31.2 Å². The second kappa shape index (κ2) is 6.40. The molecule has 0 spiro atoms. The minimum atomic E-state index is -0.839. The van der Waals surface area contributed by atoms with Crippen molar-refractivity contribution in [2.24, 2.45) is 11.7 Å². The number of carbonyl (C=O) groups is 3. The number of nitrogens with two attached hydrogens (primary N) is 1. The van der Waals surface area contributed by atoms with Crippen molar-refractivity contribution < 1.29 is 14.4 Å². The summed E-state index contributed by atoms with van der Waals surface area (Å²) < 4.78 is 0. The molecule has 1 saturated heterocycles. The van der Waals surface area contributed by atoms with Crippen molar-refractivity contribution in [2.75, 3.05) is 0 Å². The van der Waals surface area contributed by atoms with Crippen LogP contribution in [-0.2, 0) is 11.3 Å². The molecule has 1 fully saturated rings. The molecule has 1 aromatic carbocycles. The van der Waals surface area contributed by atoms with E-state index in [2.05, 4.69) is 19.2 Å². The molecule has 0 saturated carbocycles.